The van der Waals surface area contributed by atoms with E-state index in [9.17, 15) is 15.2 Å². The maximum atomic E-state index is 11.1. The van der Waals surface area contributed by atoms with Crippen LogP contribution in [0, 0.1) is 10.1 Å². The summed E-state index contributed by atoms with van der Waals surface area (Å²) in [4.78, 5) is 25.9. The molecule has 1 fully saturated rings. The summed E-state index contributed by atoms with van der Waals surface area (Å²) in [5.41, 5.74) is 3.77. The van der Waals surface area contributed by atoms with Crippen LogP contribution < -0.4 is 15.6 Å². The molecule has 2 heterocycles. The minimum absolute atomic E-state index is 0.0553. The second-order valence-corrected chi connectivity index (χ2v) is 7.90. The summed E-state index contributed by atoms with van der Waals surface area (Å²) >= 11 is 0. The summed E-state index contributed by atoms with van der Waals surface area (Å²) in [6.07, 6.45) is 1.50. The van der Waals surface area contributed by atoms with Crippen molar-refractivity contribution >= 4 is 46.2 Å². The normalized spacial score (nSPS) is 13.7. The molecule has 36 heavy (non-hydrogen) atoms. The summed E-state index contributed by atoms with van der Waals surface area (Å²) in [6.45, 7) is 2.29. The topological polar surface area (TPSA) is 151 Å². The number of morpholine rings is 1. The lowest BCUT2D eigenvalue weighted by Gasteiger charge is -2.27. The van der Waals surface area contributed by atoms with Crippen LogP contribution >= 0.6 is 0 Å². The molecule has 0 aliphatic carbocycles. The summed E-state index contributed by atoms with van der Waals surface area (Å²) in [6, 6.07) is 17.2. The second-order valence-electron chi connectivity index (χ2n) is 7.90. The molecule has 3 aromatic carbocycles. The number of non-ortho nitro benzene ring substituents is 1. The monoisotopic (exact) mass is 486 g/mol. The van der Waals surface area contributed by atoms with Gasteiger partial charge in [-0.05, 0) is 22.9 Å². The Morgan fingerprint density at radius 2 is 1.83 bits per heavy atom. The fourth-order valence-electron chi connectivity index (χ4n) is 3.78. The lowest BCUT2D eigenvalue weighted by Crippen LogP contribution is -2.37. The molecule has 0 saturated carbocycles. The van der Waals surface area contributed by atoms with E-state index in [2.05, 4.69) is 30.8 Å². The Balaban J connectivity index is 1.44. The van der Waals surface area contributed by atoms with Gasteiger partial charge in [-0.25, -0.2) is 5.43 Å². The van der Waals surface area contributed by atoms with Gasteiger partial charge in [0.05, 0.1) is 24.4 Å². The van der Waals surface area contributed by atoms with Gasteiger partial charge in [0.25, 0.3) is 5.69 Å². The number of nitro groups is 1. The van der Waals surface area contributed by atoms with Gasteiger partial charge in [0.1, 0.15) is 5.75 Å². The Labute approximate surface area is 205 Å². The molecule has 4 aromatic rings. The molecule has 5 rings (SSSR count). The van der Waals surface area contributed by atoms with Crippen molar-refractivity contribution in [2.24, 2.45) is 5.10 Å². The molecule has 0 atom stereocenters. The number of ether oxygens (including phenoxy) is 1. The quantitative estimate of drug-likeness (QED) is 0.200. The predicted molar refractivity (Wildman–Crippen MR) is 136 cm³/mol. The smallest absolute Gasteiger partial charge is 0.271 e. The standard InChI is InChI=1S/C24H22N8O4/c33-21-9-8-16-4-1-2-7-19(16)20(21)15-25-30-23-27-22(26-17-5-3-6-18(14-17)32(34)35)28-24(29-23)31-10-12-36-13-11-31/h1-9,14-15,33H,10-13H2,(H2,26,27,28,29,30)/b25-15+. The average molecular weight is 486 g/mol. The predicted octanol–water partition coefficient (Wildman–Crippen LogP) is 3.66. The number of phenolic OH excluding ortho intramolecular Hbond substituents is 1. The van der Waals surface area contributed by atoms with Crippen molar-refractivity contribution in [1.82, 2.24) is 15.0 Å². The molecule has 0 spiro atoms. The van der Waals surface area contributed by atoms with E-state index < -0.39 is 4.92 Å². The molecule has 1 aliphatic rings. The highest BCUT2D eigenvalue weighted by atomic mass is 16.6. The fourth-order valence-corrected chi connectivity index (χ4v) is 3.78. The first-order valence-corrected chi connectivity index (χ1v) is 11.2. The number of rotatable bonds is 7. The van der Waals surface area contributed by atoms with Crippen LogP contribution in [0.15, 0.2) is 65.8 Å². The Hall–Kier alpha value is -4.84. The zero-order valence-corrected chi connectivity index (χ0v) is 19.0. The van der Waals surface area contributed by atoms with Crippen LogP contribution in [0.4, 0.5) is 29.2 Å². The zero-order chi connectivity index (χ0) is 24.9. The number of anilines is 4. The summed E-state index contributed by atoms with van der Waals surface area (Å²) < 4.78 is 5.42. The van der Waals surface area contributed by atoms with Crippen molar-refractivity contribution < 1.29 is 14.8 Å². The van der Waals surface area contributed by atoms with Gasteiger partial charge in [-0.15, -0.1) is 0 Å². The van der Waals surface area contributed by atoms with Gasteiger partial charge in [-0.3, -0.25) is 10.1 Å². The number of fused-ring (bicyclic) bond motifs is 1. The van der Waals surface area contributed by atoms with Gasteiger partial charge < -0.3 is 20.1 Å². The van der Waals surface area contributed by atoms with E-state index in [4.69, 9.17) is 4.74 Å². The first kappa shape index (κ1) is 22.9. The Morgan fingerprint density at radius 1 is 1.03 bits per heavy atom. The number of nitro benzene ring substituents is 1. The molecule has 12 nitrogen and oxygen atoms in total. The number of nitrogens with one attached hydrogen (secondary N) is 2. The van der Waals surface area contributed by atoms with Crippen molar-refractivity contribution in [2.75, 3.05) is 41.9 Å². The number of hydrogen-bond donors (Lipinski definition) is 3. The molecule has 0 bridgehead atoms. The van der Waals surface area contributed by atoms with Gasteiger partial charge in [0, 0.05) is 36.5 Å². The Bertz CT molecular complexity index is 1440. The van der Waals surface area contributed by atoms with E-state index in [-0.39, 0.29) is 23.3 Å². The van der Waals surface area contributed by atoms with Crippen molar-refractivity contribution in [2.45, 2.75) is 0 Å². The number of aromatic hydroxyl groups is 1. The highest BCUT2D eigenvalue weighted by molar-refractivity contribution is 6.02. The van der Waals surface area contributed by atoms with Crippen molar-refractivity contribution in [3.8, 4) is 5.75 Å². The molecule has 12 heteroatoms. The van der Waals surface area contributed by atoms with Crippen molar-refractivity contribution in [3.63, 3.8) is 0 Å². The fraction of sp³-hybridized carbons (Fsp3) is 0.167. The molecular formula is C24H22N8O4. The number of phenols is 1. The van der Waals surface area contributed by atoms with Gasteiger partial charge >= 0.3 is 0 Å². The Morgan fingerprint density at radius 3 is 2.67 bits per heavy atom. The molecular weight excluding hydrogens is 464 g/mol. The number of hydrazone groups is 1. The van der Waals surface area contributed by atoms with Crippen LogP contribution in [-0.4, -0.2) is 57.5 Å². The Kier molecular flexibility index (Phi) is 6.49. The van der Waals surface area contributed by atoms with Crippen LogP contribution in [0.1, 0.15) is 5.56 Å². The van der Waals surface area contributed by atoms with E-state index in [1.807, 2.05) is 35.2 Å². The third-order valence-electron chi connectivity index (χ3n) is 5.54. The number of benzene rings is 3. The van der Waals surface area contributed by atoms with Crippen molar-refractivity contribution in [1.29, 1.82) is 0 Å². The van der Waals surface area contributed by atoms with Gasteiger partial charge in [-0.1, -0.05) is 36.4 Å². The van der Waals surface area contributed by atoms with Crippen LogP contribution in [0.25, 0.3) is 10.8 Å². The van der Waals surface area contributed by atoms with E-state index in [1.165, 1.54) is 18.3 Å². The number of aromatic nitrogens is 3. The minimum atomic E-state index is -0.470. The third kappa shape index (κ3) is 5.13. The molecule has 1 aromatic heterocycles. The second kappa shape index (κ2) is 10.2. The maximum Gasteiger partial charge on any atom is 0.271 e. The molecule has 182 valence electrons. The van der Waals surface area contributed by atoms with Crippen molar-refractivity contribution in [3.05, 3.63) is 76.3 Å². The first-order valence-electron chi connectivity index (χ1n) is 11.2. The lowest BCUT2D eigenvalue weighted by atomic mass is 10.0. The molecule has 1 saturated heterocycles. The van der Waals surface area contributed by atoms with E-state index in [0.29, 0.717) is 43.5 Å². The molecule has 3 N–H and O–H groups in total. The SMILES string of the molecule is O=[N+]([O-])c1cccc(Nc2nc(N/N=C/c3c(O)ccc4ccccc34)nc(N3CCOCC3)n2)c1. The highest BCUT2D eigenvalue weighted by Crippen LogP contribution is 2.26. The molecule has 0 amide bonds. The van der Waals surface area contributed by atoms with Gasteiger partial charge in [0.2, 0.25) is 17.8 Å². The summed E-state index contributed by atoms with van der Waals surface area (Å²) in [7, 11) is 0. The van der Waals surface area contributed by atoms with Crippen LogP contribution in [0.2, 0.25) is 0 Å². The molecule has 0 radical (unpaired) electrons. The van der Waals surface area contributed by atoms with E-state index >= 15 is 0 Å². The number of nitrogens with zero attached hydrogens (tertiary/aromatic N) is 6. The first-order chi connectivity index (χ1) is 17.6. The zero-order valence-electron chi connectivity index (χ0n) is 19.0. The van der Waals surface area contributed by atoms with E-state index in [1.54, 1.807) is 18.2 Å². The lowest BCUT2D eigenvalue weighted by molar-refractivity contribution is -0.384. The van der Waals surface area contributed by atoms with Crippen LogP contribution in [0.3, 0.4) is 0 Å². The third-order valence-corrected chi connectivity index (χ3v) is 5.54. The molecule has 0 unspecified atom stereocenters. The largest absolute Gasteiger partial charge is 0.507 e. The maximum absolute atomic E-state index is 11.1. The van der Waals surface area contributed by atoms with Crippen LogP contribution in [0.5, 0.6) is 5.75 Å². The number of hydrogen-bond acceptors (Lipinski definition) is 11. The summed E-state index contributed by atoms with van der Waals surface area (Å²) in [5, 5.41) is 30.6. The highest BCUT2D eigenvalue weighted by Gasteiger charge is 2.17. The molecule has 1 aliphatic heterocycles. The van der Waals surface area contributed by atoms with Crippen LogP contribution in [-0.2, 0) is 4.74 Å². The van der Waals surface area contributed by atoms with Gasteiger partial charge in [0.15, 0.2) is 0 Å². The minimum Gasteiger partial charge on any atom is -0.507 e. The summed E-state index contributed by atoms with van der Waals surface area (Å²) in [5.74, 6) is 0.858. The van der Waals surface area contributed by atoms with E-state index in [0.717, 1.165) is 10.8 Å². The average Bonchev–Trinajstić information content (AvgIpc) is 2.90. The van der Waals surface area contributed by atoms with Gasteiger partial charge in [-0.2, -0.15) is 20.1 Å².